The van der Waals surface area contributed by atoms with Gasteiger partial charge in [0.1, 0.15) is 0 Å². The van der Waals surface area contributed by atoms with Crippen molar-refractivity contribution in [2.24, 2.45) is 0 Å². The molecule has 0 nitrogen and oxygen atoms in total. The second-order valence-electron chi connectivity index (χ2n) is 7.16. The first-order valence-corrected chi connectivity index (χ1v) is 10.9. The average Bonchev–Trinajstić information content (AvgIpc) is 3.09. The van der Waals surface area contributed by atoms with Gasteiger partial charge in [-0.2, -0.15) is 0 Å². The van der Waals surface area contributed by atoms with Crippen molar-refractivity contribution in [2.45, 2.75) is 0 Å². The smallest absolute Gasteiger partial charge is 0.0624 e. The molecule has 27 heavy (non-hydrogen) atoms. The van der Waals surface area contributed by atoms with Crippen LogP contribution in [0.1, 0.15) is 0 Å². The van der Waals surface area contributed by atoms with Crippen molar-refractivity contribution in [1.29, 1.82) is 0 Å². The van der Waals surface area contributed by atoms with Gasteiger partial charge in [-0.15, -0.1) is 0 Å². The molecule has 125 valence electrons. The Morgan fingerprint density at radius 3 is 1.44 bits per heavy atom. The minimum Gasteiger partial charge on any atom is -0.0624 e. The van der Waals surface area contributed by atoms with Gasteiger partial charge in [0.25, 0.3) is 0 Å². The molecule has 0 amide bonds. The number of fused-ring (bicyclic) bond motifs is 7. The van der Waals surface area contributed by atoms with Crippen LogP contribution in [0.5, 0.6) is 0 Å². The van der Waals surface area contributed by atoms with E-state index in [9.17, 15) is 0 Å². The molecule has 5 aromatic rings. The average molecular weight is 358 g/mol. The van der Waals surface area contributed by atoms with Crippen molar-refractivity contribution in [2.75, 3.05) is 0 Å². The topological polar surface area (TPSA) is 0 Å². The third-order valence-corrected chi connectivity index (χ3v) is 8.53. The van der Waals surface area contributed by atoms with Gasteiger partial charge >= 0.3 is 0 Å². The van der Waals surface area contributed by atoms with Gasteiger partial charge in [0.15, 0.2) is 8.80 Å². The highest BCUT2D eigenvalue weighted by Crippen LogP contribution is 2.35. The summed E-state index contributed by atoms with van der Waals surface area (Å²) < 4.78 is 0. The van der Waals surface area contributed by atoms with Crippen molar-refractivity contribution >= 4 is 45.9 Å². The first-order chi connectivity index (χ1) is 13.4. The number of benzene rings is 5. The van der Waals surface area contributed by atoms with Gasteiger partial charge in [-0.05, 0) is 43.0 Å². The van der Waals surface area contributed by atoms with E-state index in [4.69, 9.17) is 0 Å². The van der Waals surface area contributed by atoms with Gasteiger partial charge in [0, 0.05) is 0 Å². The Morgan fingerprint density at radius 1 is 0.407 bits per heavy atom. The van der Waals surface area contributed by atoms with Crippen LogP contribution in [0.2, 0.25) is 0 Å². The highest BCUT2D eigenvalue weighted by Gasteiger charge is 2.34. The molecule has 0 unspecified atom stereocenters. The summed E-state index contributed by atoms with van der Waals surface area (Å²) in [5.41, 5.74) is 2.91. The van der Waals surface area contributed by atoms with Gasteiger partial charge < -0.3 is 0 Å². The quantitative estimate of drug-likeness (QED) is 0.380. The predicted molar refractivity (Wildman–Crippen MR) is 118 cm³/mol. The monoisotopic (exact) mass is 357 g/mol. The molecule has 1 heterocycles. The Hall–Kier alpha value is -3.16. The second-order valence-corrected chi connectivity index (χ2v) is 9.56. The maximum Gasteiger partial charge on any atom is 0.156 e. The van der Waals surface area contributed by atoms with Crippen LogP contribution in [-0.2, 0) is 0 Å². The third-order valence-electron chi connectivity index (χ3n) is 5.71. The fourth-order valence-corrected chi connectivity index (χ4v) is 7.52. The first-order valence-electron chi connectivity index (χ1n) is 9.39. The van der Waals surface area contributed by atoms with Gasteiger partial charge in [-0.3, -0.25) is 0 Å². The van der Waals surface area contributed by atoms with Gasteiger partial charge in [0.2, 0.25) is 0 Å². The summed E-state index contributed by atoms with van der Waals surface area (Å²) in [5, 5.41) is 9.92. The van der Waals surface area contributed by atoms with E-state index in [2.05, 4.69) is 103 Å². The Bertz CT molecular complexity index is 1230. The lowest BCUT2D eigenvalue weighted by molar-refractivity contribution is 1.75. The second kappa shape index (κ2) is 5.67. The molecule has 0 atom stereocenters. The van der Waals surface area contributed by atoms with Crippen LogP contribution in [0.4, 0.5) is 0 Å². The Labute approximate surface area is 160 Å². The largest absolute Gasteiger partial charge is 0.156 e. The molecule has 0 N–H and O–H groups in total. The van der Waals surface area contributed by atoms with E-state index in [1.54, 1.807) is 0 Å². The fourth-order valence-electron chi connectivity index (χ4n) is 4.56. The van der Waals surface area contributed by atoms with E-state index in [1.165, 1.54) is 48.2 Å². The molecule has 1 heteroatoms. The summed E-state index contributed by atoms with van der Waals surface area (Å²) in [5.74, 6) is 0. The van der Waals surface area contributed by atoms with E-state index < -0.39 is 8.80 Å². The zero-order valence-corrected chi connectivity index (χ0v) is 15.8. The summed E-state index contributed by atoms with van der Waals surface area (Å²) in [6.45, 7) is 0. The van der Waals surface area contributed by atoms with Crippen LogP contribution in [0.25, 0.3) is 32.7 Å². The van der Waals surface area contributed by atoms with E-state index in [0.717, 1.165) is 0 Å². The molecular formula is C26H17Si. The Kier molecular flexibility index (Phi) is 3.14. The predicted octanol–water partition coefficient (Wildman–Crippen LogP) is 4.49. The van der Waals surface area contributed by atoms with Gasteiger partial charge in [-0.1, -0.05) is 108 Å². The van der Waals surface area contributed by atoms with Crippen molar-refractivity contribution < 1.29 is 0 Å². The van der Waals surface area contributed by atoms with Crippen molar-refractivity contribution in [3.05, 3.63) is 103 Å². The maximum atomic E-state index is 2.38. The molecule has 6 rings (SSSR count). The molecule has 0 aromatic heterocycles. The van der Waals surface area contributed by atoms with Crippen LogP contribution in [-0.4, -0.2) is 8.80 Å². The Morgan fingerprint density at radius 2 is 0.889 bits per heavy atom. The maximum absolute atomic E-state index is 2.38. The van der Waals surface area contributed by atoms with Crippen LogP contribution in [0.3, 0.4) is 0 Å². The normalized spacial score (nSPS) is 13.0. The molecule has 0 saturated heterocycles. The zero-order chi connectivity index (χ0) is 17.8. The van der Waals surface area contributed by atoms with Gasteiger partial charge in [-0.25, -0.2) is 0 Å². The third kappa shape index (κ3) is 2.09. The summed E-state index contributed by atoms with van der Waals surface area (Å²) in [6, 6.07) is 38.1. The molecular weight excluding hydrogens is 340 g/mol. The SMILES string of the molecule is c1ccc([Si]2c3ccc4ccccc4c3-c3c2ccc2ccccc32)cc1. The first kappa shape index (κ1) is 14.9. The molecule has 5 aromatic carbocycles. The van der Waals surface area contributed by atoms with Crippen molar-refractivity contribution in [1.82, 2.24) is 0 Å². The molecule has 0 aliphatic carbocycles. The lowest BCUT2D eigenvalue weighted by atomic mass is 9.94. The standard InChI is InChI=1S/C26H17Si/c1-2-10-20(11-3-1)27-23-16-14-18-8-4-6-12-21(18)25(23)26-22-13-7-5-9-19(22)15-17-24(26)27/h1-17H. The van der Waals surface area contributed by atoms with Crippen LogP contribution < -0.4 is 15.6 Å². The molecule has 0 saturated carbocycles. The van der Waals surface area contributed by atoms with Gasteiger partial charge in [0.05, 0.1) is 0 Å². The number of rotatable bonds is 1. The molecule has 1 aliphatic rings. The van der Waals surface area contributed by atoms with E-state index in [-0.39, 0.29) is 0 Å². The lowest BCUT2D eigenvalue weighted by Crippen LogP contribution is -2.48. The van der Waals surface area contributed by atoms with E-state index in [1.807, 2.05) is 0 Å². The highest BCUT2D eigenvalue weighted by atomic mass is 28.3. The van der Waals surface area contributed by atoms with Crippen LogP contribution in [0.15, 0.2) is 103 Å². The molecule has 1 radical (unpaired) electrons. The molecule has 0 spiro atoms. The van der Waals surface area contributed by atoms with E-state index in [0.29, 0.717) is 0 Å². The number of hydrogen-bond acceptors (Lipinski definition) is 0. The molecule has 1 aliphatic heterocycles. The summed E-state index contributed by atoms with van der Waals surface area (Å²) in [7, 11) is -0.984. The lowest BCUT2D eigenvalue weighted by Gasteiger charge is -2.12. The zero-order valence-electron chi connectivity index (χ0n) is 14.8. The minimum atomic E-state index is -0.984. The van der Waals surface area contributed by atoms with Crippen LogP contribution >= 0.6 is 0 Å². The van der Waals surface area contributed by atoms with Crippen LogP contribution in [0, 0.1) is 0 Å². The highest BCUT2D eigenvalue weighted by molar-refractivity contribution is 6.99. The summed E-state index contributed by atoms with van der Waals surface area (Å²) in [4.78, 5) is 0. The fraction of sp³-hybridized carbons (Fsp3) is 0. The van der Waals surface area contributed by atoms with Crippen molar-refractivity contribution in [3.63, 3.8) is 0 Å². The Balaban J connectivity index is 1.81. The molecule has 0 bridgehead atoms. The summed E-state index contributed by atoms with van der Waals surface area (Å²) in [6.07, 6.45) is 0. The summed E-state index contributed by atoms with van der Waals surface area (Å²) >= 11 is 0. The van der Waals surface area contributed by atoms with E-state index >= 15 is 0 Å². The number of hydrogen-bond donors (Lipinski definition) is 0. The van der Waals surface area contributed by atoms with Crippen molar-refractivity contribution in [3.8, 4) is 11.1 Å². The minimum absolute atomic E-state index is 0.984. The molecule has 0 fully saturated rings.